The summed E-state index contributed by atoms with van der Waals surface area (Å²) in [6.07, 6.45) is 3.97. The van der Waals surface area contributed by atoms with E-state index in [9.17, 15) is 4.79 Å². The van der Waals surface area contributed by atoms with Crippen LogP contribution in [0.3, 0.4) is 0 Å². The molecule has 1 heterocycles. The molecular weight excluding hydrogens is 274 g/mol. The SMILES string of the molecule is CC[NH+]1CC[NH+](CC(=O)N[C@@]2(C)[C@H]3CC[C@H](C3)C2(C)C)CC1. The zero-order valence-electron chi connectivity index (χ0n) is 14.9. The monoisotopic (exact) mass is 309 g/mol. The predicted octanol–water partition coefficient (Wildman–Crippen LogP) is -0.879. The van der Waals surface area contributed by atoms with Crippen LogP contribution >= 0.6 is 0 Å². The summed E-state index contributed by atoms with van der Waals surface area (Å²) in [7, 11) is 0. The summed E-state index contributed by atoms with van der Waals surface area (Å²) in [5.41, 5.74) is 0.245. The number of likely N-dealkylation sites (N-methyl/N-ethyl adjacent to an activating group) is 1. The number of carbonyl (C=O) groups excluding carboxylic acids is 1. The molecule has 2 aliphatic carbocycles. The van der Waals surface area contributed by atoms with E-state index in [4.69, 9.17) is 0 Å². The third kappa shape index (κ3) is 2.58. The molecule has 1 aliphatic heterocycles. The predicted molar refractivity (Wildman–Crippen MR) is 88.0 cm³/mol. The van der Waals surface area contributed by atoms with Gasteiger partial charge in [-0.15, -0.1) is 0 Å². The van der Waals surface area contributed by atoms with Crippen LogP contribution in [0.4, 0.5) is 0 Å². The molecule has 22 heavy (non-hydrogen) atoms. The second-order valence-electron chi connectivity index (χ2n) is 8.71. The van der Waals surface area contributed by atoms with Gasteiger partial charge in [0, 0.05) is 5.54 Å². The number of hydrogen-bond donors (Lipinski definition) is 3. The maximum Gasteiger partial charge on any atom is 0.275 e. The van der Waals surface area contributed by atoms with Crippen molar-refractivity contribution in [3.8, 4) is 0 Å². The van der Waals surface area contributed by atoms with Gasteiger partial charge in [0.1, 0.15) is 26.2 Å². The molecule has 0 unspecified atom stereocenters. The number of fused-ring (bicyclic) bond motifs is 2. The highest BCUT2D eigenvalue weighted by Crippen LogP contribution is 2.61. The van der Waals surface area contributed by atoms with Crippen LogP contribution < -0.4 is 15.1 Å². The maximum atomic E-state index is 12.6. The molecule has 3 N–H and O–H groups in total. The molecule has 0 radical (unpaired) electrons. The Bertz CT molecular complexity index is 428. The number of rotatable bonds is 4. The first-order valence-corrected chi connectivity index (χ1v) is 9.35. The van der Waals surface area contributed by atoms with Crippen molar-refractivity contribution >= 4 is 5.91 Å². The molecule has 0 aromatic carbocycles. The molecule has 0 aromatic heterocycles. The van der Waals surface area contributed by atoms with Gasteiger partial charge in [-0.25, -0.2) is 0 Å². The highest BCUT2D eigenvalue weighted by Gasteiger charge is 2.60. The summed E-state index contributed by atoms with van der Waals surface area (Å²) in [5.74, 6) is 1.76. The zero-order valence-corrected chi connectivity index (χ0v) is 14.9. The van der Waals surface area contributed by atoms with Crippen molar-refractivity contribution in [3.05, 3.63) is 0 Å². The van der Waals surface area contributed by atoms with Crippen LogP contribution in [-0.2, 0) is 4.79 Å². The summed E-state index contributed by atoms with van der Waals surface area (Å²) in [6.45, 7) is 15.9. The van der Waals surface area contributed by atoms with E-state index in [0.717, 1.165) is 19.0 Å². The molecule has 0 spiro atoms. The Kier molecular flexibility index (Phi) is 4.28. The van der Waals surface area contributed by atoms with E-state index >= 15 is 0 Å². The third-order valence-corrected chi connectivity index (χ3v) is 7.58. The maximum absolute atomic E-state index is 12.6. The zero-order chi connectivity index (χ0) is 16.0. The molecule has 3 fully saturated rings. The topological polar surface area (TPSA) is 38.0 Å². The van der Waals surface area contributed by atoms with Crippen molar-refractivity contribution in [1.29, 1.82) is 0 Å². The van der Waals surface area contributed by atoms with Crippen LogP contribution in [-0.4, -0.2) is 50.7 Å². The van der Waals surface area contributed by atoms with Crippen LogP contribution in [0.25, 0.3) is 0 Å². The second kappa shape index (κ2) is 5.79. The van der Waals surface area contributed by atoms with Crippen LogP contribution in [0, 0.1) is 17.3 Å². The van der Waals surface area contributed by atoms with Crippen molar-refractivity contribution < 1.29 is 14.6 Å². The average Bonchev–Trinajstić information content (AvgIpc) is 3.03. The minimum absolute atomic E-state index is 0.00291. The quantitative estimate of drug-likeness (QED) is 0.620. The minimum Gasteiger partial charge on any atom is -0.345 e. The van der Waals surface area contributed by atoms with Gasteiger partial charge in [0.05, 0.1) is 6.54 Å². The summed E-state index contributed by atoms with van der Waals surface area (Å²) >= 11 is 0. The molecule has 126 valence electrons. The number of nitrogens with one attached hydrogen (secondary N) is 3. The van der Waals surface area contributed by atoms with Crippen LogP contribution in [0.2, 0.25) is 0 Å². The third-order valence-electron chi connectivity index (χ3n) is 7.58. The molecule has 3 aliphatic rings. The first-order chi connectivity index (χ1) is 10.4. The van der Waals surface area contributed by atoms with Gasteiger partial charge in [0.25, 0.3) is 5.91 Å². The lowest BCUT2D eigenvalue weighted by Gasteiger charge is -2.48. The molecule has 3 rings (SSSR count). The first-order valence-electron chi connectivity index (χ1n) is 9.35. The van der Waals surface area contributed by atoms with Gasteiger partial charge in [-0.3, -0.25) is 4.79 Å². The van der Waals surface area contributed by atoms with E-state index in [1.807, 2.05) is 0 Å². The number of carbonyl (C=O) groups is 1. The molecule has 4 nitrogen and oxygen atoms in total. The summed E-state index contributed by atoms with van der Waals surface area (Å²) in [6, 6.07) is 0. The molecule has 3 atom stereocenters. The van der Waals surface area contributed by atoms with Gasteiger partial charge in [0.2, 0.25) is 0 Å². The highest BCUT2D eigenvalue weighted by atomic mass is 16.2. The first kappa shape index (κ1) is 16.3. The van der Waals surface area contributed by atoms with E-state index in [1.165, 1.54) is 43.8 Å². The Morgan fingerprint density at radius 3 is 2.18 bits per heavy atom. The minimum atomic E-state index is 0.00291. The van der Waals surface area contributed by atoms with Gasteiger partial charge < -0.3 is 15.1 Å². The molecule has 2 saturated carbocycles. The van der Waals surface area contributed by atoms with Gasteiger partial charge in [0.15, 0.2) is 6.54 Å². The lowest BCUT2D eigenvalue weighted by atomic mass is 9.64. The lowest BCUT2D eigenvalue weighted by Crippen LogP contribution is -3.28. The Hall–Kier alpha value is -0.610. The van der Waals surface area contributed by atoms with Crippen LogP contribution in [0.1, 0.15) is 47.0 Å². The Labute approximate surface area is 135 Å². The van der Waals surface area contributed by atoms with Crippen molar-refractivity contribution in [2.45, 2.75) is 52.5 Å². The van der Waals surface area contributed by atoms with Crippen molar-refractivity contribution in [1.82, 2.24) is 5.32 Å². The summed E-state index contributed by atoms with van der Waals surface area (Å²) < 4.78 is 0. The second-order valence-corrected chi connectivity index (χ2v) is 8.71. The number of quaternary nitrogens is 2. The normalized spacial score (nSPS) is 43.3. The smallest absolute Gasteiger partial charge is 0.275 e. The van der Waals surface area contributed by atoms with E-state index in [2.05, 4.69) is 33.0 Å². The fourth-order valence-corrected chi connectivity index (χ4v) is 5.42. The van der Waals surface area contributed by atoms with Gasteiger partial charge >= 0.3 is 0 Å². The number of hydrogen-bond acceptors (Lipinski definition) is 1. The van der Waals surface area contributed by atoms with Crippen molar-refractivity contribution in [2.24, 2.45) is 17.3 Å². The van der Waals surface area contributed by atoms with Crippen LogP contribution in [0.15, 0.2) is 0 Å². The van der Waals surface area contributed by atoms with E-state index in [0.29, 0.717) is 12.5 Å². The van der Waals surface area contributed by atoms with Crippen LogP contribution in [0.5, 0.6) is 0 Å². The molecule has 0 aromatic rings. The molecule has 1 amide bonds. The molecule has 1 saturated heterocycles. The number of piperazine rings is 1. The van der Waals surface area contributed by atoms with Crippen molar-refractivity contribution in [2.75, 3.05) is 39.3 Å². The Morgan fingerprint density at radius 1 is 1.05 bits per heavy atom. The Balaban J connectivity index is 1.56. The van der Waals surface area contributed by atoms with E-state index in [1.54, 1.807) is 4.90 Å². The Morgan fingerprint density at radius 2 is 1.64 bits per heavy atom. The lowest BCUT2D eigenvalue weighted by molar-refractivity contribution is -1.01. The molecular formula is C18H35N3O+2. The fraction of sp³-hybridized carbons (Fsp3) is 0.944. The van der Waals surface area contributed by atoms with Gasteiger partial charge in [-0.2, -0.15) is 0 Å². The molecule has 2 bridgehead atoms. The summed E-state index contributed by atoms with van der Waals surface area (Å²) in [5, 5.41) is 3.48. The highest BCUT2D eigenvalue weighted by molar-refractivity contribution is 5.78. The molecule has 4 heteroatoms. The van der Waals surface area contributed by atoms with E-state index < -0.39 is 0 Å². The van der Waals surface area contributed by atoms with Gasteiger partial charge in [-0.1, -0.05) is 13.8 Å². The summed E-state index contributed by atoms with van der Waals surface area (Å²) in [4.78, 5) is 15.8. The van der Waals surface area contributed by atoms with E-state index in [-0.39, 0.29) is 16.9 Å². The van der Waals surface area contributed by atoms with Crippen molar-refractivity contribution in [3.63, 3.8) is 0 Å². The largest absolute Gasteiger partial charge is 0.345 e. The average molecular weight is 309 g/mol. The van der Waals surface area contributed by atoms with Gasteiger partial charge in [-0.05, 0) is 50.4 Å². The standard InChI is InChI=1S/C18H33N3O/c1-5-20-8-10-21(11-9-20)13-16(22)19-18(4)15-7-6-14(12-15)17(18,2)3/h14-15H,5-13H2,1-4H3,(H,19,22)/p+2/t14-,15+,18+/m1/s1. The number of amides is 1. The fourth-order valence-electron chi connectivity index (χ4n) is 5.42.